The Balaban J connectivity index is 1.33. The van der Waals surface area contributed by atoms with E-state index >= 15 is 0 Å². The molecule has 3 heterocycles. The van der Waals surface area contributed by atoms with Crippen LogP contribution in [0.3, 0.4) is 0 Å². The first kappa shape index (κ1) is 28.0. The van der Waals surface area contributed by atoms with Gasteiger partial charge in [0.1, 0.15) is 11.3 Å². The number of anilines is 2. The smallest absolute Gasteiger partial charge is 0.227 e. The van der Waals surface area contributed by atoms with Gasteiger partial charge in [-0.3, -0.25) is 4.79 Å². The van der Waals surface area contributed by atoms with Crippen LogP contribution < -0.4 is 16.0 Å². The van der Waals surface area contributed by atoms with Gasteiger partial charge < -0.3 is 20.5 Å². The van der Waals surface area contributed by atoms with Crippen molar-refractivity contribution in [2.24, 2.45) is 11.8 Å². The largest absolute Gasteiger partial charge is 0.350 e. The molecule has 1 saturated carbocycles. The van der Waals surface area contributed by atoms with Crippen molar-refractivity contribution in [1.29, 1.82) is 0 Å². The first-order valence-electron chi connectivity index (χ1n) is 14.2. The lowest BCUT2D eigenvalue weighted by Crippen LogP contribution is -2.32. The normalized spacial score (nSPS) is 17.7. The van der Waals surface area contributed by atoms with Crippen LogP contribution in [0.25, 0.3) is 22.6 Å². The van der Waals surface area contributed by atoms with Crippen molar-refractivity contribution >= 4 is 51.3 Å². The standard InChI is InChI=1S/C30H32F2IN7O/c31-23-9-7-18(12-24(23)32)15-35-30-36-16-26-28(39-30)40(17-19-4-3-11-34-14-19)27(38-26)22-13-21(8-10-25(22)33)37-29(41)20-5-1-2-6-20/h7-10,12-13,16,19-20,34H,1-6,11,14-15,17H2,(H,37,41)(H,35,36,39)/t19-/m1/s1. The van der Waals surface area contributed by atoms with Gasteiger partial charge in [0.2, 0.25) is 11.9 Å². The lowest BCUT2D eigenvalue weighted by molar-refractivity contribution is -0.119. The summed E-state index contributed by atoms with van der Waals surface area (Å²) in [7, 11) is 0. The Morgan fingerprint density at radius 2 is 1.90 bits per heavy atom. The van der Waals surface area contributed by atoms with Crippen molar-refractivity contribution < 1.29 is 13.6 Å². The number of piperidine rings is 1. The minimum absolute atomic E-state index is 0.0775. The van der Waals surface area contributed by atoms with Crippen molar-refractivity contribution in [2.45, 2.75) is 51.6 Å². The van der Waals surface area contributed by atoms with Gasteiger partial charge in [0, 0.05) is 33.8 Å². The fourth-order valence-electron chi connectivity index (χ4n) is 5.76. The van der Waals surface area contributed by atoms with Crippen LogP contribution >= 0.6 is 22.6 Å². The van der Waals surface area contributed by atoms with Crippen LogP contribution in [0.2, 0.25) is 0 Å². The highest BCUT2D eigenvalue weighted by Crippen LogP contribution is 2.33. The molecule has 0 unspecified atom stereocenters. The third-order valence-electron chi connectivity index (χ3n) is 7.96. The Morgan fingerprint density at radius 1 is 1.05 bits per heavy atom. The number of halogens is 3. The van der Waals surface area contributed by atoms with Gasteiger partial charge in [-0.15, -0.1) is 0 Å². The highest BCUT2D eigenvalue weighted by molar-refractivity contribution is 14.1. The number of amides is 1. The summed E-state index contributed by atoms with van der Waals surface area (Å²) < 4.78 is 30.2. The van der Waals surface area contributed by atoms with Crippen LogP contribution in [-0.2, 0) is 17.9 Å². The van der Waals surface area contributed by atoms with E-state index < -0.39 is 11.6 Å². The molecule has 214 valence electrons. The molecule has 11 heteroatoms. The number of hydrogen-bond donors (Lipinski definition) is 3. The molecule has 3 N–H and O–H groups in total. The molecule has 2 aliphatic rings. The Kier molecular flexibility index (Phi) is 8.42. The molecule has 1 atom stereocenters. The van der Waals surface area contributed by atoms with Gasteiger partial charge in [-0.25, -0.2) is 18.7 Å². The van der Waals surface area contributed by atoms with Gasteiger partial charge >= 0.3 is 0 Å². The minimum atomic E-state index is -0.888. The lowest BCUT2D eigenvalue weighted by atomic mass is 9.99. The Labute approximate surface area is 250 Å². The molecule has 4 aromatic rings. The predicted octanol–water partition coefficient (Wildman–Crippen LogP) is 6.12. The summed E-state index contributed by atoms with van der Waals surface area (Å²) in [6.45, 7) is 2.92. The van der Waals surface area contributed by atoms with Crippen molar-refractivity contribution in [3.8, 4) is 11.4 Å². The fraction of sp³-hybridized carbons (Fsp3) is 0.400. The number of nitrogens with zero attached hydrogens (tertiary/aromatic N) is 4. The maximum atomic E-state index is 13.7. The van der Waals surface area contributed by atoms with Gasteiger partial charge in [-0.1, -0.05) is 18.9 Å². The number of carbonyl (C=O) groups is 1. The van der Waals surface area contributed by atoms with Crippen LogP contribution in [0.5, 0.6) is 0 Å². The van der Waals surface area contributed by atoms with E-state index in [2.05, 4.69) is 48.1 Å². The highest BCUT2D eigenvalue weighted by atomic mass is 127. The molecule has 0 radical (unpaired) electrons. The van der Waals surface area contributed by atoms with Crippen molar-refractivity contribution in [3.63, 3.8) is 0 Å². The van der Waals surface area contributed by atoms with Gasteiger partial charge in [-0.2, -0.15) is 4.98 Å². The average Bonchev–Trinajstić information content (AvgIpc) is 3.64. The third kappa shape index (κ3) is 6.35. The van der Waals surface area contributed by atoms with Gasteiger partial charge in [-0.05, 0) is 103 Å². The van der Waals surface area contributed by atoms with Crippen LogP contribution in [-0.4, -0.2) is 38.5 Å². The number of aromatic nitrogens is 4. The van der Waals surface area contributed by atoms with Crippen molar-refractivity contribution in [2.75, 3.05) is 23.7 Å². The number of hydrogen-bond acceptors (Lipinski definition) is 6. The zero-order valence-corrected chi connectivity index (χ0v) is 24.8. The first-order chi connectivity index (χ1) is 19.9. The molecule has 2 aromatic carbocycles. The third-order valence-corrected chi connectivity index (χ3v) is 8.90. The Hall–Kier alpha value is -3.19. The van der Waals surface area contributed by atoms with E-state index in [1.54, 1.807) is 6.20 Å². The Bertz CT molecular complexity index is 1560. The van der Waals surface area contributed by atoms with E-state index in [4.69, 9.17) is 9.97 Å². The first-order valence-corrected chi connectivity index (χ1v) is 15.2. The topological polar surface area (TPSA) is 96.8 Å². The molecule has 2 fully saturated rings. The number of fused-ring (bicyclic) bond motifs is 1. The highest BCUT2D eigenvalue weighted by Gasteiger charge is 2.24. The van der Waals surface area contributed by atoms with Crippen molar-refractivity contribution in [3.05, 3.63) is 63.4 Å². The summed E-state index contributed by atoms with van der Waals surface area (Å²) in [6.07, 6.45) is 8.01. The fourth-order valence-corrected chi connectivity index (χ4v) is 6.33. The van der Waals surface area contributed by atoms with Gasteiger partial charge in [0.15, 0.2) is 17.3 Å². The van der Waals surface area contributed by atoms with Gasteiger partial charge in [0.05, 0.1) is 6.20 Å². The molecular formula is C30H32F2IN7O. The molecule has 8 nitrogen and oxygen atoms in total. The molecular weight excluding hydrogens is 639 g/mol. The molecule has 41 heavy (non-hydrogen) atoms. The van der Waals surface area contributed by atoms with Crippen LogP contribution in [0.4, 0.5) is 20.4 Å². The molecule has 2 aromatic heterocycles. The van der Waals surface area contributed by atoms with Crippen LogP contribution in [0.1, 0.15) is 44.1 Å². The van der Waals surface area contributed by atoms with Crippen LogP contribution in [0.15, 0.2) is 42.6 Å². The van der Waals surface area contributed by atoms with Gasteiger partial charge in [0.25, 0.3) is 0 Å². The van der Waals surface area contributed by atoms with E-state index in [0.29, 0.717) is 28.6 Å². The average molecular weight is 672 g/mol. The summed E-state index contributed by atoms with van der Waals surface area (Å²) >= 11 is 2.31. The summed E-state index contributed by atoms with van der Waals surface area (Å²) in [5.41, 5.74) is 3.63. The van der Waals surface area contributed by atoms with E-state index in [-0.39, 0.29) is 18.4 Å². The number of carbonyl (C=O) groups excluding carboxylic acids is 1. The van der Waals surface area contributed by atoms with E-state index in [1.165, 1.54) is 12.1 Å². The number of imidazole rings is 1. The number of nitrogens with one attached hydrogen (secondary N) is 3. The summed E-state index contributed by atoms with van der Waals surface area (Å²) in [5, 5.41) is 9.76. The molecule has 1 aliphatic heterocycles. The monoisotopic (exact) mass is 671 g/mol. The Morgan fingerprint density at radius 3 is 2.68 bits per heavy atom. The summed E-state index contributed by atoms with van der Waals surface area (Å²) in [5.74, 6) is -0.0373. The zero-order valence-electron chi connectivity index (χ0n) is 22.6. The minimum Gasteiger partial charge on any atom is -0.350 e. The maximum Gasteiger partial charge on any atom is 0.227 e. The second-order valence-electron chi connectivity index (χ2n) is 10.9. The molecule has 1 amide bonds. The molecule has 1 saturated heterocycles. The maximum absolute atomic E-state index is 13.7. The van der Waals surface area contributed by atoms with Crippen LogP contribution in [0, 0.1) is 27.0 Å². The second-order valence-corrected chi connectivity index (χ2v) is 12.1. The predicted molar refractivity (Wildman–Crippen MR) is 163 cm³/mol. The second kappa shape index (κ2) is 12.4. The summed E-state index contributed by atoms with van der Waals surface area (Å²) in [4.78, 5) is 27.1. The quantitative estimate of drug-likeness (QED) is 0.196. The SMILES string of the molecule is O=C(Nc1ccc(I)c(-c2nc3cnc(NCc4ccc(F)c(F)c4)nc3n2C[C@@H]2CCCNC2)c1)C1CCCC1. The number of benzene rings is 2. The molecule has 6 rings (SSSR count). The summed E-state index contributed by atoms with van der Waals surface area (Å²) in [6, 6.07) is 9.76. The molecule has 1 aliphatic carbocycles. The number of rotatable bonds is 8. The lowest BCUT2D eigenvalue weighted by Gasteiger charge is -2.24. The molecule has 0 spiro atoms. The van der Waals surface area contributed by atoms with E-state index in [1.807, 2.05) is 18.2 Å². The zero-order chi connectivity index (χ0) is 28.3. The van der Waals surface area contributed by atoms with Crippen molar-refractivity contribution in [1.82, 2.24) is 24.8 Å². The van der Waals surface area contributed by atoms with E-state index in [9.17, 15) is 13.6 Å². The van der Waals surface area contributed by atoms with E-state index in [0.717, 1.165) is 84.9 Å². The molecule has 0 bridgehead atoms.